The summed E-state index contributed by atoms with van der Waals surface area (Å²) in [6.45, 7) is 0. The maximum Gasteiger partial charge on any atom is 0.126 e. The van der Waals surface area contributed by atoms with Crippen LogP contribution in [0.25, 0.3) is 0 Å². The molecule has 3 heteroatoms. The summed E-state index contributed by atoms with van der Waals surface area (Å²) in [5.41, 5.74) is 0. The second-order valence-corrected chi connectivity index (χ2v) is 2.28. The Balaban J connectivity index is 2.75. The maximum atomic E-state index is 12.3. The van der Waals surface area contributed by atoms with Gasteiger partial charge in [-0.3, -0.25) is 0 Å². The highest BCUT2D eigenvalue weighted by Gasteiger charge is 2.12. The maximum absolute atomic E-state index is 12.3. The molecule has 0 radical (unpaired) electrons. The Labute approximate surface area is 57.4 Å². The fourth-order valence-corrected chi connectivity index (χ4v) is 0.785. The second-order valence-electron chi connectivity index (χ2n) is 1.87. The topological polar surface area (TPSA) is 20.2 Å². The third kappa shape index (κ3) is 1.45. The van der Waals surface area contributed by atoms with Crippen molar-refractivity contribution in [1.29, 1.82) is 0 Å². The van der Waals surface area contributed by atoms with E-state index in [1.807, 2.05) is 0 Å². The third-order valence-electron chi connectivity index (χ3n) is 1.12. The molecule has 1 nitrogen and oxygen atoms in total. The van der Waals surface area contributed by atoms with Gasteiger partial charge in [0.1, 0.15) is 11.9 Å². The Hall–Kier alpha value is -0.500. The Kier molecular flexibility index (Phi) is 1.76. The minimum atomic E-state index is -1.08. The number of halogens is 2. The van der Waals surface area contributed by atoms with Crippen LogP contribution in [0.2, 0.25) is 0 Å². The van der Waals surface area contributed by atoms with Gasteiger partial charge in [0.25, 0.3) is 0 Å². The number of alkyl halides is 1. The van der Waals surface area contributed by atoms with E-state index in [-0.39, 0.29) is 17.2 Å². The molecule has 1 N–H and O–H groups in total. The first-order valence-corrected chi connectivity index (χ1v) is 2.98. The molecule has 0 fully saturated rings. The summed E-state index contributed by atoms with van der Waals surface area (Å²) in [6.07, 6.45) is 1.62. The van der Waals surface area contributed by atoms with Crippen molar-refractivity contribution in [2.24, 2.45) is 0 Å². The monoisotopic (exact) mass is 148 g/mol. The van der Waals surface area contributed by atoms with Gasteiger partial charge in [-0.15, -0.1) is 0 Å². The lowest BCUT2D eigenvalue weighted by Crippen LogP contribution is -2.02. The van der Waals surface area contributed by atoms with E-state index in [1.165, 1.54) is 12.2 Å². The Morgan fingerprint density at radius 3 is 2.89 bits per heavy atom. The average Bonchev–Trinajstić information content (AvgIpc) is 1.80. The van der Waals surface area contributed by atoms with E-state index in [0.29, 0.717) is 0 Å². The summed E-state index contributed by atoms with van der Waals surface area (Å²) in [5, 5.41) is 9.04. The van der Waals surface area contributed by atoms with Gasteiger partial charge in [-0.25, -0.2) is 4.39 Å². The summed E-state index contributed by atoms with van der Waals surface area (Å²) in [7, 11) is 0. The van der Waals surface area contributed by atoms with Crippen LogP contribution in [0.4, 0.5) is 4.39 Å². The minimum absolute atomic E-state index is 0.00926. The quantitative estimate of drug-likeness (QED) is 0.559. The Morgan fingerprint density at radius 2 is 2.44 bits per heavy atom. The molecule has 0 aliphatic heterocycles. The van der Waals surface area contributed by atoms with Crippen LogP contribution in [0.3, 0.4) is 0 Å². The second kappa shape index (κ2) is 2.40. The van der Waals surface area contributed by atoms with Crippen LogP contribution in [0.1, 0.15) is 6.42 Å². The average molecular weight is 149 g/mol. The number of hydrogen-bond acceptors (Lipinski definition) is 1. The lowest BCUT2D eigenvalue weighted by Gasteiger charge is -2.07. The van der Waals surface area contributed by atoms with E-state index in [1.54, 1.807) is 0 Å². The summed E-state index contributed by atoms with van der Waals surface area (Å²) in [6, 6.07) is 0. The summed E-state index contributed by atoms with van der Waals surface area (Å²) in [5.74, 6) is -0.0633. The normalized spacial score (nSPS) is 27.1. The van der Waals surface area contributed by atoms with Crippen LogP contribution >= 0.6 is 11.6 Å². The molecule has 1 aliphatic rings. The van der Waals surface area contributed by atoms with Crippen LogP contribution < -0.4 is 0 Å². The van der Waals surface area contributed by atoms with Gasteiger partial charge in [-0.1, -0.05) is 11.6 Å². The number of hydrogen-bond donors (Lipinski definition) is 1. The van der Waals surface area contributed by atoms with E-state index < -0.39 is 6.17 Å². The van der Waals surface area contributed by atoms with Gasteiger partial charge in [0.15, 0.2) is 0 Å². The zero-order chi connectivity index (χ0) is 6.85. The highest BCUT2D eigenvalue weighted by atomic mass is 35.5. The van der Waals surface area contributed by atoms with Crippen molar-refractivity contribution >= 4 is 11.6 Å². The predicted molar refractivity (Wildman–Crippen MR) is 34.2 cm³/mol. The first-order chi connectivity index (χ1) is 4.20. The van der Waals surface area contributed by atoms with E-state index >= 15 is 0 Å². The number of rotatable bonds is 0. The molecule has 1 unspecified atom stereocenters. The molecule has 0 spiro atoms. The highest BCUT2D eigenvalue weighted by Crippen LogP contribution is 2.21. The molecular weight excluding hydrogens is 143 g/mol. The Morgan fingerprint density at radius 1 is 1.78 bits per heavy atom. The molecule has 1 aliphatic carbocycles. The lowest BCUT2D eigenvalue weighted by atomic mass is 10.1. The molecule has 50 valence electrons. The van der Waals surface area contributed by atoms with Gasteiger partial charge in [-0.2, -0.15) is 0 Å². The predicted octanol–water partition coefficient (Wildman–Crippen LogP) is 2.29. The number of allylic oxidation sites excluding steroid dienone is 4. The van der Waals surface area contributed by atoms with Crippen molar-refractivity contribution in [2.75, 3.05) is 0 Å². The van der Waals surface area contributed by atoms with Crippen LogP contribution in [0.15, 0.2) is 22.9 Å². The molecule has 0 saturated carbocycles. The van der Waals surface area contributed by atoms with E-state index in [0.717, 1.165) is 0 Å². The van der Waals surface area contributed by atoms with Gasteiger partial charge < -0.3 is 5.11 Å². The molecule has 0 aromatic heterocycles. The molecule has 0 bridgehead atoms. The lowest BCUT2D eigenvalue weighted by molar-refractivity contribution is 0.314. The van der Waals surface area contributed by atoms with Crippen LogP contribution in [0.5, 0.6) is 0 Å². The summed E-state index contributed by atoms with van der Waals surface area (Å²) < 4.78 is 12.3. The van der Waals surface area contributed by atoms with Crippen LogP contribution in [0, 0.1) is 0 Å². The molecule has 0 saturated heterocycles. The summed E-state index contributed by atoms with van der Waals surface area (Å²) in [4.78, 5) is 0. The Bertz CT molecular complexity index is 174. The molecule has 0 heterocycles. The van der Waals surface area contributed by atoms with Gasteiger partial charge >= 0.3 is 0 Å². The van der Waals surface area contributed by atoms with Gasteiger partial charge in [0, 0.05) is 6.42 Å². The zero-order valence-corrected chi connectivity index (χ0v) is 5.40. The highest BCUT2D eigenvalue weighted by molar-refractivity contribution is 6.31. The fraction of sp³-hybridized carbons (Fsp3) is 0.333. The molecule has 1 atom stereocenters. The SMILES string of the molecule is OC1=C(Cl)C=CC(F)C1. The molecule has 1 rings (SSSR count). The standard InChI is InChI=1S/C6H6ClFO/c7-5-2-1-4(8)3-6(5)9/h1-2,4,9H,3H2. The smallest absolute Gasteiger partial charge is 0.126 e. The van der Waals surface area contributed by atoms with Crippen LogP contribution in [-0.2, 0) is 0 Å². The van der Waals surface area contributed by atoms with Crippen molar-refractivity contribution in [3.63, 3.8) is 0 Å². The summed E-state index contributed by atoms with van der Waals surface area (Å²) >= 11 is 5.41. The number of aliphatic hydroxyl groups excluding tert-OH is 1. The number of aliphatic hydroxyl groups is 1. The minimum Gasteiger partial charge on any atom is -0.511 e. The van der Waals surface area contributed by atoms with E-state index in [2.05, 4.69) is 0 Å². The molecular formula is C6H6ClFO. The van der Waals surface area contributed by atoms with E-state index in [9.17, 15) is 4.39 Å². The van der Waals surface area contributed by atoms with Crippen molar-refractivity contribution < 1.29 is 9.50 Å². The van der Waals surface area contributed by atoms with Crippen molar-refractivity contribution in [2.45, 2.75) is 12.6 Å². The van der Waals surface area contributed by atoms with Gasteiger partial charge in [-0.05, 0) is 12.2 Å². The largest absolute Gasteiger partial charge is 0.511 e. The third-order valence-corrected chi connectivity index (χ3v) is 1.46. The van der Waals surface area contributed by atoms with Crippen molar-refractivity contribution in [3.8, 4) is 0 Å². The van der Waals surface area contributed by atoms with E-state index in [4.69, 9.17) is 16.7 Å². The van der Waals surface area contributed by atoms with Gasteiger partial charge in [0.2, 0.25) is 0 Å². The van der Waals surface area contributed by atoms with Crippen molar-refractivity contribution in [3.05, 3.63) is 22.9 Å². The fourth-order valence-electron chi connectivity index (χ4n) is 0.635. The van der Waals surface area contributed by atoms with Crippen LogP contribution in [-0.4, -0.2) is 11.3 Å². The van der Waals surface area contributed by atoms with Gasteiger partial charge in [0.05, 0.1) is 5.03 Å². The molecule has 0 amide bonds. The first-order valence-electron chi connectivity index (χ1n) is 2.60. The van der Waals surface area contributed by atoms with Crippen molar-refractivity contribution in [1.82, 2.24) is 0 Å². The molecule has 0 aromatic rings. The zero-order valence-electron chi connectivity index (χ0n) is 4.64. The first kappa shape index (κ1) is 6.62. The molecule has 9 heavy (non-hydrogen) atoms. The molecule has 0 aromatic carbocycles.